The summed E-state index contributed by atoms with van der Waals surface area (Å²) in [6.07, 6.45) is 0.959. The van der Waals surface area contributed by atoms with Gasteiger partial charge in [-0.05, 0) is 25.0 Å². The molecule has 3 heteroatoms. The van der Waals surface area contributed by atoms with Gasteiger partial charge >= 0.3 is 0 Å². The molecule has 1 heterocycles. The fourth-order valence-corrected chi connectivity index (χ4v) is 0.991. The molecule has 1 rings (SSSR count). The monoisotopic (exact) mass is 156 g/mol. The van der Waals surface area contributed by atoms with Crippen molar-refractivity contribution < 1.29 is 0 Å². The van der Waals surface area contributed by atoms with Crippen LogP contribution in [-0.2, 0) is 6.42 Å². The maximum atomic E-state index is 5.62. The first-order valence-corrected chi connectivity index (χ1v) is 3.60. The molecule has 1 aromatic heterocycles. The fraction of sp³-hybridized carbons (Fsp3) is 0.429. The molecule has 0 aliphatic rings. The van der Waals surface area contributed by atoms with Crippen LogP contribution in [0.25, 0.3) is 0 Å². The SMILES string of the molecule is CCc1cc(Cl)nnc1C. The van der Waals surface area contributed by atoms with E-state index in [1.165, 1.54) is 5.56 Å². The van der Waals surface area contributed by atoms with Crippen LogP contribution >= 0.6 is 11.6 Å². The molecule has 0 saturated heterocycles. The average molecular weight is 157 g/mol. The van der Waals surface area contributed by atoms with Gasteiger partial charge in [-0.15, -0.1) is 5.10 Å². The van der Waals surface area contributed by atoms with Crippen molar-refractivity contribution in [1.82, 2.24) is 10.2 Å². The van der Waals surface area contributed by atoms with Crippen molar-refractivity contribution in [2.45, 2.75) is 20.3 Å². The minimum atomic E-state index is 0.474. The smallest absolute Gasteiger partial charge is 0.152 e. The highest BCUT2D eigenvalue weighted by Crippen LogP contribution is 2.09. The molecule has 1 aromatic rings. The van der Waals surface area contributed by atoms with E-state index in [4.69, 9.17) is 11.6 Å². The highest BCUT2D eigenvalue weighted by atomic mass is 35.5. The molecule has 0 amide bonds. The Labute approximate surface area is 65.2 Å². The Bertz CT molecular complexity index is 235. The van der Waals surface area contributed by atoms with Gasteiger partial charge in [0, 0.05) is 0 Å². The lowest BCUT2D eigenvalue weighted by Gasteiger charge is -1.98. The molecule has 0 unspecified atom stereocenters. The van der Waals surface area contributed by atoms with Crippen molar-refractivity contribution in [3.63, 3.8) is 0 Å². The van der Waals surface area contributed by atoms with Crippen molar-refractivity contribution in [2.75, 3.05) is 0 Å². The Kier molecular flexibility index (Phi) is 2.22. The maximum Gasteiger partial charge on any atom is 0.152 e. The summed E-state index contributed by atoms with van der Waals surface area (Å²) < 4.78 is 0. The van der Waals surface area contributed by atoms with Crippen LogP contribution in [-0.4, -0.2) is 10.2 Å². The molecule has 0 bridgehead atoms. The molecular formula is C7H9ClN2. The standard InChI is InChI=1S/C7H9ClN2/c1-3-6-4-7(8)10-9-5(6)2/h4H,3H2,1-2H3. The van der Waals surface area contributed by atoms with Gasteiger partial charge in [0.1, 0.15) is 0 Å². The minimum absolute atomic E-state index is 0.474. The van der Waals surface area contributed by atoms with Crippen LogP contribution in [0.1, 0.15) is 18.2 Å². The van der Waals surface area contributed by atoms with E-state index in [0.29, 0.717) is 5.15 Å². The van der Waals surface area contributed by atoms with Crippen molar-refractivity contribution in [3.05, 3.63) is 22.5 Å². The molecule has 0 spiro atoms. The van der Waals surface area contributed by atoms with Gasteiger partial charge in [0.25, 0.3) is 0 Å². The lowest BCUT2D eigenvalue weighted by Crippen LogP contribution is -1.93. The minimum Gasteiger partial charge on any atom is -0.154 e. The van der Waals surface area contributed by atoms with Gasteiger partial charge in [0.2, 0.25) is 0 Å². The Morgan fingerprint density at radius 3 is 2.70 bits per heavy atom. The first-order valence-electron chi connectivity index (χ1n) is 3.22. The summed E-state index contributed by atoms with van der Waals surface area (Å²) in [5.74, 6) is 0. The third-order valence-electron chi connectivity index (χ3n) is 1.43. The summed E-state index contributed by atoms with van der Waals surface area (Å²) in [5.41, 5.74) is 2.13. The molecule has 0 radical (unpaired) electrons. The van der Waals surface area contributed by atoms with Crippen LogP contribution in [0, 0.1) is 6.92 Å². The third kappa shape index (κ3) is 1.45. The number of nitrogens with zero attached hydrogens (tertiary/aromatic N) is 2. The van der Waals surface area contributed by atoms with E-state index < -0.39 is 0 Å². The van der Waals surface area contributed by atoms with Gasteiger partial charge in [-0.3, -0.25) is 0 Å². The van der Waals surface area contributed by atoms with E-state index in [1.807, 2.05) is 13.0 Å². The van der Waals surface area contributed by atoms with E-state index >= 15 is 0 Å². The molecule has 10 heavy (non-hydrogen) atoms. The van der Waals surface area contributed by atoms with Gasteiger partial charge in [-0.2, -0.15) is 5.10 Å². The summed E-state index contributed by atoms with van der Waals surface area (Å²) in [4.78, 5) is 0. The summed E-state index contributed by atoms with van der Waals surface area (Å²) in [5, 5.41) is 8.04. The zero-order valence-corrected chi connectivity index (χ0v) is 6.81. The van der Waals surface area contributed by atoms with Crippen molar-refractivity contribution in [3.8, 4) is 0 Å². The molecule has 0 N–H and O–H groups in total. The van der Waals surface area contributed by atoms with E-state index in [-0.39, 0.29) is 0 Å². The predicted molar refractivity (Wildman–Crippen MR) is 41.2 cm³/mol. The summed E-state index contributed by atoms with van der Waals surface area (Å²) in [6, 6.07) is 1.85. The normalized spacial score (nSPS) is 9.90. The van der Waals surface area contributed by atoms with Gasteiger partial charge in [0.05, 0.1) is 5.69 Å². The number of aromatic nitrogens is 2. The Hall–Kier alpha value is -0.630. The molecule has 2 nitrogen and oxygen atoms in total. The largest absolute Gasteiger partial charge is 0.154 e. The number of hydrogen-bond donors (Lipinski definition) is 0. The maximum absolute atomic E-state index is 5.62. The Morgan fingerprint density at radius 1 is 1.50 bits per heavy atom. The van der Waals surface area contributed by atoms with Crippen LogP contribution < -0.4 is 0 Å². The second-order valence-corrected chi connectivity index (χ2v) is 2.52. The first kappa shape index (κ1) is 7.48. The van der Waals surface area contributed by atoms with Crippen LogP contribution in [0.3, 0.4) is 0 Å². The lowest BCUT2D eigenvalue weighted by molar-refractivity contribution is 0.933. The highest BCUT2D eigenvalue weighted by Gasteiger charge is 1.97. The van der Waals surface area contributed by atoms with Gasteiger partial charge in [-0.1, -0.05) is 18.5 Å². The van der Waals surface area contributed by atoms with Crippen LogP contribution in [0.4, 0.5) is 0 Å². The van der Waals surface area contributed by atoms with Crippen LogP contribution in [0.15, 0.2) is 6.07 Å². The molecule has 0 aliphatic carbocycles. The second kappa shape index (κ2) is 2.97. The van der Waals surface area contributed by atoms with E-state index in [9.17, 15) is 0 Å². The van der Waals surface area contributed by atoms with Crippen LogP contribution in [0.2, 0.25) is 5.15 Å². The second-order valence-electron chi connectivity index (χ2n) is 2.13. The van der Waals surface area contributed by atoms with Gasteiger partial charge < -0.3 is 0 Å². The summed E-state index contributed by atoms with van der Waals surface area (Å²) in [6.45, 7) is 4.00. The van der Waals surface area contributed by atoms with Crippen molar-refractivity contribution in [1.29, 1.82) is 0 Å². The Balaban J connectivity index is 3.09. The number of rotatable bonds is 1. The van der Waals surface area contributed by atoms with Crippen molar-refractivity contribution in [2.24, 2.45) is 0 Å². The Morgan fingerprint density at radius 2 is 2.20 bits per heavy atom. The topological polar surface area (TPSA) is 25.8 Å². The fourth-order valence-electron chi connectivity index (χ4n) is 0.822. The number of hydrogen-bond acceptors (Lipinski definition) is 2. The molecule has 0 fully saturated rings. The van der Waals surface area contributed by atoms with E-state index in [0.717, 1.165) is 12.1 Å². The van der Waals surface area contributed by atoms with E-state index in [1.54, 1.807) is 0 Å². The average Bonchev–Trinajstić information content (AvgIpc) is 1.94. The third-order valence-corrected chi connectivity index (χ3v) is 1.62. The number of halogens is 1. The molecule has 0 atom stereocenters. The quantitative estimate of drug-likeness (QED) is 0.622. The zero-order valence-electron chi connectivity index (χ0n) is 6.06. The van der Waals surface area contributed by atoms with Crippen LogP contribution in [0.5, 0.6) is 0 Å². The van der Waals surface area contributed by atoms with Crippen molar-refractivity contribution >= 4 is 11.6 Å². The highest BCUT2D eigenvalue weighted by molar-refractivity contribution is 6.29. The lowest BCUT2D eigenvalue weighted by atomic mass is 10.2. The predicted octanol–water partition coefficient (Wildman–Crippen LogP) is 2.00. The first-order chi connectivity index (χ1) is 4.74. The van der Waals surface area contributed by atoms with Gasteiger partial charge in [0.15, 0.2) is 5.15 Å². The molecule has 0 aromatic carbocycles. The summed E-state index contributed by atoms with van der Waals surface area (Å²) in [7, 11) is 0. The summed E-state index contributed by atoms with van der Waals surface area (Å²) >= 11 is 5.62. The van der Waals surface area contributed by atoms with E-state index in [2.05, 4.69) is 17.1 Å². The van der Waals surface area contributed by atoms with Gasteiger partial charge in [-0.25, -0.2) is 0 Å². The molecule has 0 aliphatic heterocycles. The zero-order chi connectivity index (χ0) is 7.56. The molecule has 0 saturated carbocycles. The molecule has 54 valence electrons. The molecular weight excluding hydrogens is 148 g/mol. The number of aryl methyl sites for hydroxylation is 2.